The predicted octanol–water partition coefficient (Wildman–Crippen LogP) is 1.80. The van der Waals surface area contributed by atoms with E-state index >= 15 is 0 Å². The number of aromatic nitrogens is 1. The molecule has 0 saturated carbocycles. The molecule has 2 aromatic rings. The van der Waals surface area contributed by atoms with Crippen molar-refractivity contribution < 1.29 is 8.42 Å². The van der Waals surface area contributed by atoms with Crippen LogP contribution >= 0.6 is 11.3 Å². The van der Waals surface area contributed by atoms with Crippen LogP contribution in [0.4, 0.5) is 0 Å². The standard InChI is InChI=1S/C13H17N3O2S2/c1-2-14-20(17,18)15-9-8-12-10-19-13(16-12)11-6-4-3-5-7-11/h3-7,10,14-15H,2,8-9H2,1H3. The summed E-state index contributed by atoms with van der Waals surface area (Å²) in [4.78, 5) is 4.51. The summed E-state index contributed by atoms with van der Waals surface area (Å²) in [6.45, 7) is 2.46. The number of nitrogens with one attached hydrogen (secondary N) is 2. The molecule has 108 valence electrons. The Balaban J connectivity index is 1.91. The van der Waals surface area contributed by atoms with Crippen molar-refractivity contribution in [1.82, 2.24) is 14.4 Å². The lowest BCUT2D eigenvalue weighted by molar-refractivity contribution is 0.568. The van der Waals surface area contributed by atoms with Crippen LogP contribution in [-0.4, -0.2) is 26.5 Å². The fourth-order valence-electron chi connectivity index (χ4n) is 1.69. The topological polar surface area (TPSA) is 71.1 Å². The van der Waals surface area contributed by atoms with Gasteiger partial charge in [-0.3, -0.25) is 0 Å². The van der Waals surface area contributed by atoms with Crippen LogP contribution in [-0.2, 0) is 16.6 Å². The molecule has 1 aromatic carbocycles. The third-order valence-electron chi connectivity index (χ3n) is 2.58. The molecule has 0 radical (unpaired) electrons. The molecule has 0 aliphatic heterocycles. The van der Waals surface area contributed by atoms with Crippen molar-refractivity contribution in [3.63, 3.8) is 0 Å². The zero-order chi connectivity index (χ0) is 14.4. The number of hydrogen-bond donors (Lipinski definition) is 2. The summed E-state index contributed by atoms with van der Waals surface area (Å²) in [5.41, 5.74) is 1.98. The highest BCUT2D eigenvalue weighted by atomic mass is 32.2. The van der Waals surface area contributed by atoms with Crippen molar-refractivity contribution in [2.24, 2.45) is 0 Å². The molecular weight excluding hydrogens is 294 g/mol. The summed E-state index contributed by atoms with van der Waals surface area (Å²) < 4.78 is 27.7. The van der Waals surface area contributed by atoms with Gasteiger partial charge in [0.05, 0.1) is 5.69 Å². The lowest BCUT2D eigenvalue weighted by atomic mass is 10.2. The summed E-state index contributed by atoms with van der Waals surface area (Å²) in [5.74, 6) is 0. The van der Waals surface area contributed by atoms with Crippen molar-refractivity contribution in [3.8, 4) is 10.6 Å². The Morgan fingerprint density at radius 3 is 2.65 bits per heavy atom. The van der Waals surface area contributed by atoms with Gasteiger partial charge in [0, 0.05) is 30.5 Å². The molecule has 20 heavy (non-hydrogen) atoms. The second kappa shape index (κ2) is 6.94. The number of thiazole rings is 1. The highest BCUT2D eigenvalue weighted by Crippen LogP contribution is 2.23. The largest absolute Gasteiger partial charge is 0.276 e. The fourth-order valence-corrected chi connectivity index (χ4v) is 3.40. The molecule has 0 bridgehead atoms. The first-order chi connectivity index (χ1) is 9.61. The minimum atomic E-state index is -3.37. The van der Waals surface area contributed by atoms with E-state index in [1.165, 1.54) is 0 Å². The molecule has 1 heterocycles. The van der Waals surface area contributed by atoms with Gasteiger partial charge in [0.2, 0.25) is 0 Å². The van der Waals surface area contributed by atoms with E-state index in [9.17, 15) is 8.42 Å². The van der Waals surface area contributed by atoms with E-state index in [0.29, 0.717) is 19.5 Å². The van der Waals surface area contributed by atoms with Gasteiger partial charge in [0.15, 0.2) is 0 Å². The number of hydrogen-bond acceptors (Lipinski definition) is 4. The molecule has 2 N–H and O–H groups in total. The molecule has 0 atom stereocenters. The molecule has 0 aliphatic rings. The molecule has 0 spiro atoms. The monoisotopic (exact) mass is 311 g/mol. The third-order valence-corrected chi connectivity index (χ3v) is 4.77. The molecule has 2 rings (SSSR count). The lowest BCUT2D eigenvalue weighted by Gasteiger charge is -2.04. The van der Waals surface area contributed by atoms with Crippen LogP contribution in [0.5, 0.6) is 0 Å². The van der Waals surface area contributed by atoms with E-state index in [0.717, 1.165) is 16.3 Å². The van der Waals surface area contributed by atoms with Gasteiger partial charge in [0.25, 0.3) is 10.2 Å². The van der Waals surface area contributed by atoms with Gasteiger partial charge in [-0.05, 0) is 0 Å². The SMILES string of the molecule is CCNS(=O)(=O)NCCc1csc(-c2ccccc2)n1. The summed E-state index contributed by atoms with van der Waals surface area (Å²) in [6.07, 6.45) is 0.577. The second-order valence-electron chi connectivity index (χ2n) is 4.16. The number of benzene rings is 1. The summed E-state index contributed by atoms with van der Waals surface area (Å²) in [6, 6.07) is 9.93. The van der Waals surface area contributed by atoms with Gasteiger partial charge in [-0.25, -0.2) is 14.4 Å². The van der Waals surface area contributed by atoms with E-state index in [2.05, 4.69) is 14.4 Å². The normalized spacial score (nSPS) is 11.7. The summed E-state index contributed by atoms with van der Waals surface area (Å²) in [5, 5.41) is 2.92. The van der Waals surface area contributed by atoms with Gasteiger partial charge in [0.1, 0.15) is 5.01 Å². The first-order valence-electron chi connectivity index (χ1n) is 6.35. The van der Waals surface area contributed by atoms with Gasteiger partial charge in [-0.15, -0.1) is 11.3 Å². The van der Waals surface area contributed by atoms with Gasteiger partial charge < -0.3 is 0 Å². The van der Waals surface area contributed by atoms with Crippen LogP contribution in [0.1, 0.15) is 12.6 Å². The third kappa shape index (κ3) is 4.38. The molecule has 1 aromatic heterocycles. The quantitative estimate of drug-likeness (QED) is 0.819. The van der Waals surface area contributed by atoms with Gasteiger partial charge in [-0.1, -0.05) is 37.3 Å². The number of nitrogens with zero attached hydrogens (tertiary/aromatic N) is 1. The smallest absolute Gasteiger partial charge is 0.241 e. The maximum atomic E-state index is 11.4. The molecule has 0 unspecified atom stereocenters. The van der Waals surface area contributed by atoms with E-state index in [4.69, 9.17) is 0 Å². The maximum Gasteiger partial charge on any atom is 0.276 e. The Hall–Kier alpha value is -1.28. The van der Waals surface area contributed by atoms with Crippen LogP contribution < -0.4 is 9.44 Å². The minimum Gasteiger partial charge on any atom is -0.241 e. The van der Waals surface area contributed by atoms with E-state index in [-0.39, 0.29) is 0 Å². The van der Waals surface area contributed by atoms with Crippen molar-refractivity contribution >= 4 is 21.5 Å². The van der Waals surface area contributed by atoms with Crippen LogP contribution in [0.2, 0.25) is 0 Å². The molecular formula is C13H17N3O2S2. The van der Waals surface area contributed by atoms with Crippen LogP contribution in [0.15, 0.2) is 35.7 Å². The molecule has 0 amide bonds. The average Bonchev–Trinajstić information content (AvgIpc) is 2.88. The molecule has 0 aliphatic carbocycles. The Morgan fingerprint density at radius 2 is 1.95 bits per heavy atom. The Labute approximate surface area is 123 Å². The van der Waals surface area contributed by atoms with Crippen LogP contribution in [0.3, 0.4) is 0 Å². The van der Waals surface area contributed by atoms with E-state index in [1.807, 2.05) is 35.7 Å². The first-order valence-corrected chi connectivity index (χ1v) is 8.71. The van der Waals surface area contributed by atoms with Crippen molar-refractivity contribution in [3.05, 3.63) is 41.4 Å². The predicted molar refractivity (Wildman–Crippen MR) is 81.9 cm³/mol. The van der Waals surface area contributed by atoms with E-state index in [1.54, 1.807) is 18.3 Å². The summed E-state index contributed by atoms with van der Waals surface area (Å²) >= 11 is 1.57. The van der Waals surface area contributed by atoms with E-state index < -0.39 is 10.2 Å². The zero-order valence-corrected chi connectivity index (χ0v) is 12.8. The van der Waals surface area contributed by atoms with Crippen LogP contribution in [0, 0.1) is 0 Å². The zero-order valence-electron chi connectivity index (χ0n) is 11.2. The van der Waals surface area contributed by atoms with Gasteiger partial charge in [-0.2, -0.15) is 8.42 Å². The Morgan fingerprint density at radius 1 is 1.20 bits per heavy atom. The fraction of sp³-hybridized carbons (Fsp3) is 0.308. The molecule has 7 heteroatoms. The molecule has 0 saturated heterocycles. The first kappa shape index (κ1) is 15.1. The maximum absolute atomic E-state index is 11.4. The number of rotatable bonds is 7. The minimum absolute atomic E-state index is 0.341. The molecule has 5 nitrogen and oxygen atoms in total. The van der Waals surface area contributed by atoms with Crippen molar-refractivity contribution in [2.75, 3.05) is 13.1 Å². The van der Waals surface area contributed by atoms with Crippen molar-refractivity contribution in [1.29, 1.82) is 0 Å². The lowest BCUT2D eigenvalue weighted by Crippen LogP contribution is -2.37. The average molecular weight is 311 g/mol. The van der Waals surface area contributed by atoms with Crippen molar-refractivity contribution in [2.45, 2.75) is 13.3 Å². The Bertz CT molecular complexity index is 639. The highest BCUT2D eigenvalue weighted by molar-refractivity contribution is 7.87. The second-order valence-corrected chi connectivity index (χ2v) is 6.60. The molecule has 0 fully saturated rings. The van der Waals surface area contributed by atoms with Crippen LogP contribution in [0.25, 0.3) is 10.6 Å². The Kier molecular flexibility index (Phi) is 5.24. The van der Waals surface area contributed by atoms with Gasteiger partial charge >= 0.3 is 0 Å². The highest BCUT2D eigenvalue weighted by Gasteiger charge is 2.08. The summed E-state index contributed by atoms with van der Waals surface area (Å²) in [7, 11) is -3.37.